The topological polar surface area (TPSA) is 93.2 Å². The lowest BCUT2D eigenvalue weighted by Crippen LogP contribution is -2.34. The van der Waals surface area contributed by atoms with Crippen LogP contribution in [0.3, 0.4) is 0 Å². The highest BCUT2D eigenvalue weighted by atomic mass is 16.5. The van der Waals surface area contributed by atoms with Gasteiger partial charge in [0, 0.05) is 13.1 Å². The summed E-state index contributed by atoms with van der Waals surface area (Å²) in [5.74, 6) is 0.664. The van der Waals surface area contributed by atoms with Gasteiger partial charge in [-0.2, -0.15) is 0 Å². The van der Waals surface area contributed by atoms with E-state index in [2.05, 4.69) is 25.6 Å². The average molecular weight is 347 g/mol. The SMILES string of the molecule is C[C@H](c1ccon1)N(C)C(=O)Cn1nnnc1CN1CCCCCC1. The molecule has 1 atom stereocenters. The Hall–Kier alpha value is -2.29. The second-order valence-electron chi connectivity index (χ2n) is 6.55. The predicted octanol–water partition coefficient (Wildman–Crippen LogP) is 1.26. The van der Waals surface area contributed by atoms with Gasteiger partial charge in [-0.3, -0.25) is 9.69 Å². The van der Waals surface area contributed by atoms with E-state index < -0.39 is 0 Å². The Morgan fingerprint density at radius 1 is 1.32 bits per heavy atom. The fourth-order valence-electron chi connectivity index (χ4n) is 3.05. The second kappa shape index (κ2) is 8.19. The van der Waals surface area contributed by atoms with Crippen LogP contribution in [-0.4, -0.2) is 61.2 Å². The Kier molecular flexibility index (Phi) is 5.75. The van der Waals surface area contributed by atoms with Crippen molar-refractivity contribution in [3.63, 3.8) is 0 Å². The van der Waals surface area contributed by atoms with Crippen molar-refractivity contribution in [2.24, 2.45) is 0 Å². The molecular formula is C16H25N7O2. The number of aromatic nitrogens is 5. The van der Waals surface area contributed by atoms with Crippen LogP contribution in [0.5, 0.6) is 0 Å². The summed E-state index contributed by atoms with van der Waals surface area (Å²) in [6, 6.07) is 1.59. The highest BCUT2D eigenvalue weighted by Crippen LogP contribution is 2.17. The lowest BCUT2D eigenvalue weighted by Gasteiger charge is -2.23. The summed E-state index contributed by atoms with van der Waals surface area (Å²) in [5, 5.41) is 15.8. The summed E-state index contributed by atoms with van der Waals surface area (Å²) in [5.41, 5.74) is 0.720. The number of tetrazole rings is 1. The number of carbonyl (C=O) groups is 1. The van der Waals surface area contributed by atoms with E-state index in [1.807, 2.05) is 6.92 Å². The van der Waals surface area contributed by atoms with E-state index in [0.717, 1.165) is 24.6 Å². The van der Waals surface area contributed by atoms with Crippen molar-refractivity contribution in [1.29, 1.82) is 0 Å². The minimum atomic E-state index is -0.170. The second-order valence-corrected chi connectivity index (χ2v) is 6.55. The van der Waals surface area contributed by atoms with E-state index in [0.29, 0.717) is 6.54 Å². The molecule has 0 saturated carbocycles. The summed E-state index contributed by atoms with van der Waals surface area (Å²) in [7, 11) is 1.75. The van der Waals surface area contributed by atoms with Crippen LogP contribution in [0.25, 0.3) is 0 Å². The first-order valence-corrected chi connectivity index (χ1v) is 8.78. The van der Waals surface area contributed by atoms with Gasteiger partial charge in [-0.05, 0) is 43.3 Å². The normalized spacial score (nSPS) is 17.2. The fourth-order valence-corrected chi connectivity index (χ4v) is 3.05. The molecule has 0 aromatic carbocycles. The highest BCUT2D eigenvalue weighted by molar-refractivity contribution is 5.76. The molecule has 9 nitrogen and oxygen atoms in total. The van der Waals surface area contributed by atoms with Crippen molar-refractivity contribution in [3.05, 3.63) is 23.8 Å². The van der Waals surface area contributed by atoms with E-state index in [9.17, 15) is 4.79 Å². The van der Waals surface area contributed by atoms with Crippen LogP contribution in [0.15, 0.2) is 16.9 Å². The zero-order valence-corrected chi connectivity index (χ0v) is 14.8. The molecule has 0 radical (unpaired) electrons. The van der Waals surface area contributed by atoms with Crippen molar-refractivity contribution in [2.75, 3.05) is 20.1 Å². The number of likely N-dealkylation sites (N-methyl/N-ethyl adjacent to an activating group) is 1. The van der Waals surface area contributed by atoms with Gasteiger partial charge in [0.1, 0.15) is 18.5 Å². The van der Waals surface area contributed by atoms with E-state index in [1.54, 1.807) is 22.7 Å². The summed E-state index contributed by atoms with van der Waals surface area (Å²) in [4.78, 5) is 16.6. The maximum Gasteiger partial charge on any atom is 0.244 e. The summed E-state index contributed by atoms with van der Waals surface area (Å²) in [6.07, 6.45) is 6.48. The van der Waals surface area contributed by atoms with Crippen molar-refractivity contribution in [1.82, 2.24) is 35.2 Å². The Bertz CT molecular complexity index is 662. The third-order valence-corrected chi connectivity index (χ3v) is 4.81. The molecule has 1 amide bonds. The van der Waals surface area contributed by atoms with Gasteiger partial charge in [0.15, 0.2) is 5.82 Å². The standard InChI is InChI=1S/C16H25N7O2/c1-13(14-7-10-25-18-14)21(2)16(24)12-23-15(17-19-20-23)11-22-8-5-3-4-6-9-22/h7,10,13H,3-6,8-9,11-12H2,1-2H3/t13-/m1/s1. The largest absolute Gasteiger partial charge is 0.364 e. The Morgan fingerprint density at radius 2 is 2.08 bits per heavy atom. The first-order valence-electron chi connectivity index (χ1n) is 8.78. The number of nitrogens with zero attached hydrogens (tertiary/aromatic N) is 7. The summed E-state index contributed by atoms with van der Waals surface area (Å²) < 4.78 is 6.45. The molecule has 0 spiro atoms. The quantitative estimate of drug-likeness (QED) is 0.776. The highest BCUT2D eigenvalue weighted by Gasteiger charge is 2.22. The Balaban J connectivity index is 1.61. The summed E-state index contributed by atoms with van der Waals surface area (Å²) in [6.45, 7) is 4.83. The molecule has 0 N–H and O–H groups in total. The smallest absolute Gasteiger partial charge is 0.244 e. The average Bonchev–Trinajstić information content (AvgIpc) is 3.22. The number of carbonyl (C=O) groups excluding carboxylic acids is 1. The molecule has 1 aliphatic rings. The molecular weight excluding hydrogens is 322 g/mol. The van der Waals surface area contributed by atoms with E-state index in [-0.39, 0.29) is 18.5 Å². The van der Waals surface area contributed by atoms with Gasteiger partial charge in [0.25, 0.3) is 0 Å². The summed E-state index contributed by atoms with van der Waals surface area (Å²) >= 11 is 0. The molecule has 3 heterocycles. The number of likely N-dealkylation sites (tertiary alicyclic amines) is 1. The monoisotopic (exact) mass is 347 g/mol. The predicted molar refractivity (Wildman–Crippen MR) is 89.3 cm³/mol. The lowest BCUT2D eigenvalue weighted by molar-refractivity contribution is -0.132. The van der Waals surface area contributed by atoms with E-state index >= 15 is 0 Å². The molecule has 0 bridgehead atoms. The van der Waals surface area contributed by atoms with Gasteiger partial charge in [-0.25, -0.2) is 4.68 Å². The van der Waals surface area contributed by atoms with Gasteiger partial charge >= 0.3 is 0 Å². The Labute approximate surface area is 146 Å². The zero-order chi connectivity index (χ0) is 17.6. The minimum Gasteiger partial charge on any atom is -0.364 e. The fraction of sp³-hybridized carbons (Fsp3) is 0.688. The van der Waals surface area contributed by atoms with Crippen molar-refractivity contribution >= 4 is 5.91 Å². The molecule has 1 saturated heterocycles. The van der Waals surface area contributed by atoms with Crippen molar-refractivity contribution < 1.29 is 9.32 Å². The van der Waals surface area contributed by atoms with Crippen LogP contribution in [-0.2, 0) is 17.9 Å². The molecule has 3 rings (SSSR count). The number of rotatable bonds is 6. The lowest BCUT2D eigenvalue weighted by atomic mass is 10.2. The van der Waals surface area contributed by atoms with Crippen molar-refractivity contribution in [2.45, 2.75) is 51.7 Å². The first kappa shape index (κ1) is 17.5. The molecule has 0 aliphatic carbocycles. The number of hydrogen-bond acceptors (Lipinski definition) is 7. The molecule has 2 aromatic heterocycles. The van der Waals surface area contributed by atoms with Crippen LogP contribution in [0.1, 0.15) is 50.2 Å². The van der Waals surface area contributed by atoms with Gasteiger partial charge in [-0.15, -0.1) is 5.10 Å². The third kappa shape index (κ3) is 4.41. The van der Waals surface area contributed by atoms with Gasteiger partial charge < -0.3 is 9.42 Å². The van der Waals surface area contributed by atoms with Gasteiger partial charge in [0.2, 0.25) is 5.91 Å². The molecule has 0 unspecified atom stereocenters. The van der Waals surface area contributed by atoms with Crippen molar-refractivity contribution in [3.8, 4) is 0 Å². The van der Waals surface area contributed by atoms with Crippen LogP contribution in [0, 0.1) is 0 Å². The molecule has 25 heavy (non-hydrogen) atoms. The van der Waals surface area contributed by atoms with E-state index in [1.165, 1.54) is 31.9 Å². The van der Waals surface area contributed by atoms with Crippen LogP contribution < -0.4 is 0 Å². The minimum absolute atomic E-state index is 0.0695. The van der Waals surface area contributed by atoms with Crippen LogP contribution >= 0.6 is 0 Å². The maximum atomic E-state index is 12.6. The molecule has 2 aromatic rings. The zero-order valence-electron chi connectivity index (χ0n) is 14.8. The third-order valence-electron chi connectivity index (χ3n) is 4.81. The first-order chi connectivity index (χ1) is 12.1. The van der Waals surface area contributed by atoms with Crippen LogP contribution in [0.4, 0.5) is 0 Å². The van der Waals surface area contributed by atoms with Crippen LogP contribution in [0.2, 0.25) is 0 Å². The van der Waals surface area contributed by atoms with Gasteiger partial charge in [0.05, 0.1) is 12.6 Å². The molecule has 136 valence electrons. The van der Waals surface area contributed by atoms with Gasteiger partial charge in [-0.1, -0.05) is 18.0 Å². The molecule has 1 fully saturated rings. The number of amides is 1. The number of hydrogen-bond donors (Lipinski definition) is 0. The van der Waals surface area contributed by atoms with E-state index in [4.69, 9.17) is 4.52 Å². The Morgan fingerprint density at radius 3 is 2.76 bits per heavy atom. The molecule has 1 aliphatic heterocycles. The maximum absolute atomic E-state index is 12.6. The molecule has 9 heteroatoms.